The molecule has 5 heteroatoms. The molecule has 5 nitrogen and oxygen atoms in total. The van der Waals surface area contributed by atoms with E-state index >= 15 is 0 Å². The minimum absolute atomic E-state index is 0.196. The van der Waals surface area contributed by atoms with Crippen LogP contribution in [0.5, 0.6) is 0 Å². The van der Waals surface area contributed by atoms with Crippen molar-refractivity contribution in [3.8, 4) is 0 Å². The second-order valence-corrected chi connectivity index (χ2v) is 4.41. The average molecular weight is 226 g/mol. The van der Waals surface area contributed by atoms with Gasteiger partial charge in [-0.1, -0.05) is 19.1 Å². The van der Waals surface area contributed by atoms with Crippen molar-refractivity contribution in [2.24, 2.45) is 5.92 Å². The molecule has 0 saturated carbocycles. The second-order valence-electron chi connectivity index (χ2n) is 4.41. The van der Waals surface area contributed by atoms with Gasteiger partial charge in [0.2, 0.25) is 0 Å². The number of aromatic nitrogens is 3. The number of nitrogens with zero attached hydrogens (tertiary/aromatic N) is 3. The monoisotopic (exact) mass is 226 g/mol. The Bertz CT molecular complexity index is 285. The highest BCUT2D eigenvalue weighted by atomic mass is 16.3. The third kappa shape index (κ3) is 5.23. The predicted octanol–water partition coefficient (Wildman–Crippen LogP) is 0.796. The zero-order valence-corrected chi connectivity index (χ0v) is 10.2. The molecule has 1 heterocycles. The largest absolute Gasteiger partial charge is 0.396 e. The lowest BCUT2D eigenvalue weighted by molar-refractivity contribution is 0.276. The zero-order valence-electron chi connectivity index (χ0n) is 10.2. The van der Waals surface area contributed by atoms with E-state index in [2.05, 4.69) is 29.5 Å². The van der Waals surface area contributed by atoms with E-state index < -0.39 is 0 Å². The summed E-state index contributed by atoms with van der Waals surface area (Å²) in [5.74, 6) is 0.729. The first-order valence-electron chi connectivity index (χ1n) is 5.93. The van der Waals surface area contributed by atoms with Gasteiger partial charge in [0.05, 0.1) is 5.69 Å². The minimum Gasteiger partial charge on any atom is -0.396 e. The molecule has 0 amide bonds. The van der Waals surface area contributed by atoms with Crippen LogP contribution in [0.1, 0.15) is 32.4 Å². The Morgan fingerprint density at radius 2 is 2.31 bits per heavy atom. The standard InChI is InChI=1S/C11H22N4O/c1-10(2)4-5-12-8-11-9-15(14-13-11)6-3-7-16/h9-10,12,16H,3-8H2,1-2H3. The van der Waals surface area contributed by atoms with Crippen LogP contribution >= 0.6 is 0 Å². The van der Waals surface area contributed by atoms with Crippen LogP contribution in [0.3, 0.4) is 0 Å². The highest BCUT2D eigenvalue weighted by molar-refractivity contribution is 4.91. The molecule has 0 aliphatic rings. The van der Waals surface area contributed by atoms with Gasteiger partial charge in [0.1, 0.15) is 0 Å². The van der Waals surface area contributed by atoms with Crippen molar-refractivity contribution in [1.82, 2.24) is 20.3 Å². The number of hydrogen-bond donors (Lipinski definition) is 2. The zero-order chi connectivity index (χ0) is 11.8. The van der Waals surface area contributed by atoms with Gasteiger partial charge < -0.3 is 10.4 Å². The van der Waals surface area contributed by atoms with Crippen molar-refractivity contribution in [2.45, 2.75) is 39.8 Å². The molecule has 0 saturated heterocycles. The van der Waals surface area contributed by atoms with Gasteiger partial charge in [0.15, 0.2) is 0 Å². The number of aliphatic hydroxyl groups excluding tert-OH is 1. The number of rotatable bonds is 8. The lowest BCUT2D eigenvalue weighted by Crippen LogP contribution is -2.16. The van der Waals surface area contributed by atoms with Gasteiger partial charge in [-0.3, -0.25) is 4.68 Å². The van der Waals surface area contributed by atoms with Crippen LogP contribution in [0.25, 0.3) is 0 Å². The molecule has 0 bridgehead atoms. The summed E-state index contributed by atoms with van der Waals surface area (Å²) in [6, 6.07) is 0. The normalized spacial score (nSPS) is 11.2. The van der Waals surface area contributed by atoms with E-state index in [1.54, 1.807) is 4.68 Å². The highest BCUT2D eigenvalue weighted by Gasteiger charge is 2.00. The first kappa shape index (κ1) is 13.1. The summed E-state index contributed by atoms with van der Waals surface area (Å²) >= 11 is 0. The minimum atomic E-state index is 0.196. The first-order valence-corrected chi connectivity index (χ1v) is 5.93. The fraction of sp³-hybridized carbons (Fsp3) is 0.818. The molecule has 92 valence electrons. The molecule has 1 rings (SSSR count). The molecular formula is C11H22N4O. The second kappa shape index (κ2) is 7.35. The molecule has 16 heavy (non-hydrogen) atoms. The summed E-state index contributed by atoms with van der Waals surface area (Å²) in [5, 5.41) is 20.1. The number of hydrogen-bond acceptors (Lipinski definition) is 4. The molecule has 1 aromatic heterocycles. The van der Waals surface area contributed by atoms with Crippen LogP contribution in [0.4, 0.5) is 0 Å². The third-order valence-electron chi connectivity index (χ3n) is 2.34. The molecule has 0 fully saturated rings. The molecule has 0 unspecified atom stereocenters. The van der Waals surface area contributed by atoms with Gasteiger partial charge in [0, 0.05) is 25.9 Å². The summed E-state index contributed by atoms with van der Waals surface area (Å²) in [6.07, 6.45) is 3.83. The van der Waals surface area contributed by atoms with E-state index in [1.807, 2.05) is 6.20 Å². The van der Waals surface area contributed by atoms with Gasteiger partial charge >= 0.3 is 0 Å². The van der Waals surface area contributed by atoms with Gasteiger partial charge in [0.25, 0.3) is 0 Å². The number of aliphatic hydroxyl groups is 1. The summed E-state index contributed by atoms with van der Waals surface area (Å²) in [6.45, 7) is 7.14. The molecule has 0 aliphatic heterocycles. The van der Waals surface area contributed by atoms with Crippen molar-refractivity contribution >= 4 is 0 Å². The molecular weight excluding hydrogens is 204 g/mol. The molecule has 0 spiro atoms. The summed E-state index contributed by atoms with van der Waals surface area (Å²) in [5.41, 5.74) is 0.960. The maximum Gasteiger partial charge on any atom is 0.0964 e. The smallest absolute Gasteiger partial charge is 0.0964 e. The maximum atomic E-state index is 8.69. The van der Waals surface area contributed by atoms with E-state index in [0.717, 1.165) is 37.7 Å². The maximum absolute atomic E-state index is 8.69. The van der Waals surface area contributed by atoms with E-state index in [-0.39, 0.29) is 6.61 Å². The van der Waals surface area contributed by atoms with E-state index in [0.29, 0.717) is 0 Å². The van der Waals surface area contributed by atoms with Crippen LogP contribution in [-0.4, -0.2) is 33.3 Å². The molecule has 0 aliphatic carbocycles. The van der Waals surface area contributed by atoms with Crippen molar-refractivity contribution in [2.75, 3.05) is 13.2 Å². The predicted molar refractivity (Wildman–Crippen MR) is 62.9 cm³/mol. The molecule has 0 aromatic carbocycles. The Morgan fingerprint density at radius 1 is 1.50 bits per heavy atom. The van der Waals surface area contributed by atoms with Crippen LogP contribution < -0.4 is 5.32 Å². The Kier molecular flexibility index (Phi) is 6.03. The van der Waals surface area contributed by atoms with Gasteiger partial charge in [-0.25, -0.2) is 0 Å². The Hall–Kier alpha value is -0.940. The molecule has 0 radical (unpaired) electrons. The first-order chi connectivity index (χ1) is 7.72. The van der Waals surface area contributed by atoms with E-state index in [1.165, 1.54) is 6.42 Å². The quantitative estimate of drug-likeness (QED) is 0.643. The van der Waals surface area contributed by atoms with E-state index in [9.17, 15) is 0 Å². The lowest BCUT2D eigenvalue weighted by Gasteiger charge is -2.04. The summed E-state index contributed by atoms with van der Waals surface area (Å²) < 4.78 is 1.77. The lowest BCUT2D eigenvalue weighted by atomic mass is 10.1. The van der Waals surface area contributed by atoms with Gasteiger partial charge in [-0.05, 0) is 25.3 Å². The SMILES string of the molecule is CC(C)CCNCc1cn(CCCO)nn1. The van der Waals surface area contributed by atoms with Crippen LogP contribution in [0, 0.1) is 5.92 Å². The summed E-state index contributed by atoms with van der Waals surface area (Å²) in [4.78, 5) is 0. The summed E-state index contributed by atoms with van der Waals surface area (Å²) in [7, 11) is 0. The van der Waals surface area contributed by atoms with Crippen molar-refractivity contribution in [3.05, 3.63) is 11.9 Å². The van der Waals surface area contributed by atoms with Crippen LogP contribution in [0.15, 0.2) is 6.20 Å². The topological polar surface area (TPSA) is 63.0 Å². The van der Waals surface area contributed by atoms with Crippen molar-refractivity contribution in [3.63, 3.8) is 0 Å². The van der Waals surface area contributed by atoms with Crippen molar-refractivity contribution in [1.29, 1.82) is 0 Å². The fourth-order valence-corrected chi connectivity index (χ4v) is 1.37. The van der Waals surface area contributed by atoms with Crippen molar-refractivity contribution < 1.29 is 5.11 Å². The Balaban J connectivity index is 2.19. The third-order valence-corrected chi connectivity index (χ3v) is 2.34. The molecule has 1 aromatic rings. The van der Waals surface area contributed by atoms with Gasteiger partial charge in [-0.15, -0.1) is 5.10 Å². The van der Waals surface area contributed by atoms with E-state index in [4.69, 9.17) is 5.11 Å². The average Bonchev–Trinajstić information content (AvgIpc) is 2.69. The van der Waals surface area contributed by atoms with Crippen LogP contribution in [0.2, 0.25) is 0 Å². The number of nitrogens with one attached hydrogen (secondary N) is 1. The molecule has 0 atom stereocenters. The fourth-order valence-electron chi connectivity index (χ4n) is 1.37. The number of aryl methyl sites for hydroxylation is 1. The highest BCUT2D eigenvalue weighted by Crippen LogP contribution is 1.98. The van der Waals surface area contributed by atoms with Crippen LogP contribution in [-0.2, 0) is 13.1 Å². The Labute approximate surface area is 96.9 Å². The Morgan fingerprint density at radius 3 is 3.00 bits per heavy atom. The van der Waals surface area contributed by atoms with Gasteiger partial charge in [-0.2, -0.15) is 0 Å². The molecule has 2 N–H and O–H groups in total.